The molecule has 3 heterocycles. The average Bonchev–Trinajstić information content (AvgIpc) is 3.11. The van der Waals surface area contributed by atoms with Gasteiger partial charge in [-0.2, -0.15) is 0 Å². The molecular weight excluding hydrogens is 414 g/mol. The number of fused-ring (bicyclic) bond motifs is 2. The molecule has 0 bridgehead atoms. The Hall–Kier alpha value is -3.22. The predicted molar refractivity (Wildman–Crippen MR) is 127 cm³/mol. The largest absolute Gasteiger partial charge is 0.347 e. The second-order valence-electron chi connectivity index (χ2n) is 9.21. The third kappa shape index (κ3) is 4.77. The van der Waals surface area contributed by atoms with E-state index in [1.165, 1.54) is 12.8 Å². The van der Waals surface area contributed by atoms with E-state index in [1.54, 1.807) is 0 Å². The van der Waals surface area contributed by atoms with Gasteiger partial charge in [-0.05, 0) is 42.0 Å². The number of aromatic nitrogens is 3. The molecule has 172 valence electrons. The van der Waals surface area contributed by atoms with Gasteiger partial charge >= 0.3 is 0 Å². The predicted octanol–water partition coefficient (Wildman–Crippen LogP) is 3.22. The molecule has 1 aromatic heterocycles. The lowest BCUT2D eigenvalue weighted by atomic mass is 9.97. The van der Waals surface area contributed by atoms with E-state index in [0.717, 1.165) is 66.8 Å². The van der Waals surface area contributed by atoms with E-state index >= 15 is 0 Å². The Morgan fingerprint density at radius 3 is 2.79 bits per heavy atom. The van der Waals surface area contributed by atoms with E-state index in [0.29, 0.717) is 6.54 Å². The smallest absolute Gasteiger partial charge is 0.241 e. The summed E-state index contributed by atoms with van der Waals surface area (Å²) >= 11 is 0. The van der Waals surface area contributed by atoms with Gasteiger partial charge in [0, 0.05) is 32.0 Å². The average molecular weight is 446 g/mol. The summed E-state index contributed by atoms with van der Waals surface area (Å²) in [6.07, 6.45) is 6.80. The van der Waals surface area contributed by atoms with Crippen molar-refractivity contribution in [2.75, 3.05) is 19.6 Å². The van der Waals surface area contributed by atoms with Gasteiger partial charge in [0.1, 0.15) is 11.6 Å². The van der Waals surface area contributed by atoms with E-state index in [4.69, 9.17) is 0 Å². The first-order valence-corrected chi connectivity index (χ1v) is 12.1. The third-order valence-electron chi connectivity index (χ3n) is 6.95. The molecular formula is C26H31N5O2. The molecule has 1 N–H and O–H groups in total. The molecule has 2 amide bonds. The summed E-state index contributed by atoms with van der Waals surface area (Å²) in [6, 6.07) is 14.0. The summed E-state index contributed by atoms with van der Waals surface area (Å²) < 4.78 is 2.29. The lowest BCUT2D eigenvalue weighted by Crippen LogP contribution is -2.45. The minimum atomic E-state index is -0.129. The number of piperidine rings is 1. The Kier molecular flexibility index (Phi) is 6.37. The molecule has 33 heavy (non-hydrogen) atoms. The van der Waals surface area contributed by atoms with Crippen molar-refractivity contribution in [2.24, 2.45) is 0 Å². The van der Waals surface area contributed by atoms with Crippen molar-refractivity contribution in [1.29, 1.82) is 0 Å². The summed E-state index contributed by atoms with van der Waals surface area (Å²) in [5, 5.41) is 14.0. The van der Waals surface area contributed by atoms with Gasteiger partial charge in [-0.25, -0.2) is 0 Å². The van der Waals surface area contributed by atoms with Gasteiger partial charge in [0.25, 0.3) is 0 Å². The standard InChI is InChI=1S/C26H31N5O2/c32-24(16-20-10-6-9-19-8-3-4-12-22(19)20)27-17-25(33)30-14-7-11-21(18-30)26-29-28-23-13-2-1-5-15-31(23)26/h3-4,6,8-10,12,21H,1-2,5,7,11,13-18H2,(H,27,32). The molecule has 1 fully saturated rings. The van der Waals surface area contributed by atoms with E-state index < -0.39 is 0 Å². The highest BCUT2D eigenvalue weighted by Crippen LogP contribution is 2.28. The van der Waals surface area contributed by atoms with Crippen molar-refractivity contribution in [3.63, 3.8) is 0 Å². The van der Waals surface area contributed by atoms with E-state index in [1.807, 2.05) is 47.4 Å². The number of hydrogen-bond acceptors (Lipinski definition) is 4. The van der Waals surface area contributed by atoms with Crippen molar-refractivity contribution >= 4 is 22.6 Å². The quantitative estimate of drug-likeness (QED) is 0.654. The number of nitrogens with zero attached hydrogens (tertiary/aromatic N) is 4. The highest BCUT2D eigenvalue weighted by Gasteiger charge is 2.29. The van der Waals surface area contributed by atoms with E-state index in [2.05, 4.69) is 20.1 Å². The third-order valence-corrected chi connectivity index (χ3v) is 6.95. The van der Waals surface area contributed by atoms with Gasteiger partial charge in [0.15, 0.2) is 0 Å². The Labute approximate surface area is 194 Å². The number of hydrogen-bond donors (Lipinski definition) is 1. The van der Waals surface area contributed by atoms with Crippen LogP contribution in [0.15, 0.2) is 42.5 Å². The zero-order valence-electron chi connectivity index (χ0n) is 19.0. The molecule has 2 aromatic carbocycles. The van der Waals surface area contributed by atoms with Crippen LogP contribution in [-0.2, 0) is 29.0 Å². The highest BCUT2D eigenvalue weighted by atomic mass is 16.2. The fraction of sp³-hybridized carbons (Fsp3) is 0.462. The molecule has 7 heteroatoms. The maximum atomic E-state index is 12.9. The number of rotatable bonds is 5. The minimum absolute atomic E-state index is 0.0263. The topological polar surface area (TPSA) is 80.1 Å². The second-order valence-corrected chi connectivity index (χ2v) is 9.21. The maximum Gasteiger partial charge on any atom is 0.241 e. The number of carbonyl (C=O) groups is 2. The van der Waals surface area contributed by atoms with Gasteiger partial charge < -0.3 is 14.8 Å². The molecule has 1 unspecified atom stereocenters. The molecule has 1 atom stereocenters. The van der Waals surface area contributed by atoms with Crippen LogP contribution in [0.3, 0.4) is 0 Å². The number of carbonyl (C=O) groups excluding carboxylic acids is 2. The first-order valence-electron chi connectivity index (χ1n) is 12.1. The van der Waals surface area contributed by atoms with Gasteiger partial charge in [-0.1, -0.05) is 48.9 Å². The normalized spacial score (nSPS) is 18.5. The fourth-order valence-corrected chi connectivity index (χ4v) is 5.19. The molecule has 0 aliphatic carbocycles. The van der Waals surface area contributed by atoms with Crippen LogP contribution in [0.4, 0.5) is 0 Å². The van der Waals surface area contributed by atoms with Gasteiger partial charge in [0.05, 0.1) is 13.0 Å². The summed E-state index contributed by atoms with van der Waals surface area (Å²) in [6.45, 7) is 2.40. The van der Waals surface area contributed by atoms with Crippen molar-refractivity contribution in [3.05, 3.63) is 59.7 Å². The maximum absolute atomic E-state index is 12.9. The molecule has 2 aliphatic heterocycles. The van der Waals surface area contributed by atoms with Crippen LogP contribution in [0.25, 0.3) is 10.8 Å². The van der Waals surface area contributed by atoms with Gasteiger partial charge in [-0.15, -0.1) is 10.2 Å². The summed E-state index contributed by atoms with van der Waals surface area (Å²) in [4.78, 5) is 27.4. The first kappa shape index (κ1) is 21.6. The number of nitrogens with one attached hydrogen (secondary N) is 1. The van der Waals surface area contributed by atoms with Crippen LogP contribution in [0.1, 0.15) is 55.2 Å². The van der Waals surface area contributed by atoms with Crippen molar-refractivity contribution in [3.8, 4) is 0 Å². The zero-order chi connectivity index (χ0) is 22.6. The molecule has 0 spiro atoms. The number of likely N-dealkylation sites (tertiary alicyclic amines) is 1. The van der Waals surface area contributed by atoms with E-state index in [9.17, 15) is 9.59 Å². The van der Waals surface area contributed by atoms with Crippen LogP contribution in [0.2, 0.25) is 0 Å². The Morgan fingerprint density at radius 2 is 1.85 bits per heavy atom. The molecule has 1 saturated heterocycles. The molecule has 7 nitrogen and oxygen atoms in total. The monoisotopic (exact) mass is 445 g/mol. The van der Waals surface area contributed by atoms with Crippen LogP contribution < -0.4 is 5.32 Å². The van der Waals surface area contributed by atoms with Crippen molar-refractivity contribution < 1.29 is 9.59 Å². The van der Waals surface area contributed by atoms with Crippen LogP contribution in [0.5, 0.6) is 0 Å². The van der Waals surface area contributed by atoms with Crippen LogP contribution in [-0.4, -0.2) is 51.1 Å². The summed E-state index contributed by atoms with van der Waals surface area (Å²) in [5.41, 5.74) is 0.976. The molecule has 0 saturated carbocycles. The highest BCUT2D eigenvalue weighted by molar-refractivity contribution is 5.91. The Balaban J connectivity index is 1.18. The number of aryl methyl sites for hydroxylation is 1. The Bertz CT molecular complexity index is 1150. The number of amides is 2. The summed E-state index contributed by atoms with van der Waals surface area (Å²) in [5.74, 6) is 2.18. The zero-order valence-corrected chi connectivity index (χ0v) is 19.0. The lowest BCUT2D eigenvalue weighted by Gasteiger charge is -2.32. The molecule has 3 aromatic rings. The Morgan fingerprint density at radius 1 is 0.970 bits per heavy atom. The summed E-state index contributed by atoms with van der Waals surface area (Å²) in [7, 11) is 0. The van der Waals surface area contributed by atoms with Gasteiger partial charge in [-0.3, -0.25) is 9.59 Å². The number of benzene rings is 2. The van der Waals surface area contributed by atoms with E-state index in [-0.39, 0.29) is 30.7 Å². The lowest BCUT2D eigenvalue weighted by molar-refractivity contribution is -0.133. The fourth-order valence-electron chi connectivity index (χ4n) is 5.19. The molecule has 2 aliphatic rings. The van der Waals surface area contributed by atoms with Gasteiger partial charge in [0.2, 0.25) is 11.8 Å². The minimum Gasteiger partial charge on any atom is -0.347 e. The molecule has 0 radical (unpaired) electrons. The van der Waals surface area contributed by atoms with Crippen LogP contribution >= 0.6 is 0 Å². The second kappa shape index (κ2) is 9.73. The first-order chi connectivity index (χ1) is 16.2. The van der Waals surface area contributed by atoms with Crippen molar-refractivity contribution in [1.82, 2.24) is 25.0 Å². The van der Waals surface area contributed by atoms with Crippen molar-refractivity contribution in [2.45, 2.75) is 57.4 Å². The SMILES string of the molecule is O=C(Cc1cccc2ccccc12)NCC(=O)N1CCCC(c2nnc3n2CCCCC3)C1. The molecule has 5 rings (SSSR count). The van der Waals surface area contributed by atoms with Crippen LogP contribution in [0, 0.1) is 0 Å².